The number of fused-ring (bicyclic) bond motifs is 1. The third-order valence-corrected chi connectivity index (χ3v) is 4.71. The zero-order chi connectivity index (χ0) is 21.1. The standard InChI is InChI=1S/C22H19FN4O3/c1-14-3-2-4-15(11-14)9-10-24-18(28)12-27-13-25-21-19(22(27)29)20(26-30-21)16-5-7-17(23)8-6-16/h2-8,11,13H,9-10,12H2,1H3,(H,24,28). The summed E-state index contributed by atoms with van der Waals surface area (Å²) in [5, 5.41) is 6.86. The van der Waals surface area contributed by atoms with Crippen molar-refractivity contribution in [2.75, 3.05) is 6.54 Å². The second kappa shape index (κ2) is 8.28. The second-order valence-corrected chi connectivity index (χ2v) is 6.98. The molecule has 0 saturated carbocycles. The molecule has 7 nitrogen and oxygen atoms in total. The molecule has 0 aliphatic heterocycles. The van der Waals surface area contributed by atoms with Crippen LogP contribution in [-0.2, 0) is 17.8 Å². The summed E-state index contributed by atoms with van der Waals surface area (Å²) in [6.07, 6.45) is 1.95. The number of carbonyl (C=O) groups is 1. The fraction of sp³-hybridized carbons (Fsp3) is 0.182. The molecule has 0 aliphatic carbocycles. The molecule has 0 atom stereocenters. The van der Waals surface area contributed by atoms with Crippen LogP contribution in [0.15, 0.2) is 64.2 Å². The van der Waals surface area contributed by atoms with E-state index >= 15 is 0 Å². The van der Waals surface area contributed by atoms with Gasteiger partial charge in [-0.25, -0.2) is 9.37 Å². The highest BCUT2D eigenvalue weighted by Gasteiger charge is 2.18. The average Bonchev–Trinajstić information content (AvgIpc) is 3.16. The molecule has 1 amide bonds. The molecule has 0 saturated heterocycles. The van der Waals surface area contributed by atoms with Gasteiger partial charge in [0.15, 0.2) is 0 Å². The van der Waals surface area contributed by atoms with Gasteiger partial charge in [0.25, 0.3) is 11.3 Å². The van der Waals surface area contributed by atoms with E-state index in [0.717, 1.165) is 11.1 Å². The molecule has 1 N–H and O–H groups in total. The van der Waals surface area contributed by atoms with Crippen molar-refractivity contribution in [2.24, 2.45) is 0 Å². The van der Waals surface area contributed by atoms with Crippen LogP contribution in [0, 0.1) is 12.7 Å². The van der Waals surface area contributed by atoms with E-state index in [9.17, 15) is 14.0 Å². The number of aryl methyl sites for hydroxylation is 1. The van der Waals surface area contributed by atoms with Gasteiger partial charge in [-0.15, -0.1) is 0 Å². The summed E-state index contributed by atoms with van der Waals surface area (Å²) in [4.78, 5) is 29.3. The molecule has 0 spiro atoms. The van der Waals surface area contributed by atoms with Crippen LogP contribution in [0.3, 0.4) is 0 Å². The third-order valence-electron chi connectivity index (χ3n) is 4.71. The number of hydrogen-bond acceptors (Lipinski definition) is 5. The van der Waals surface area contributed by atoms with E-state index in [-0.39, 0.29) is 29.2 Å². The van der Waals surface area contributed by atoms with Gasteiger partial charge in [-0.1, -0.05) is 35.0 Å². The monoisotopic (exact) mass is 406 g/mol. The van der Waals surface area contributed by atoms with Crippen LogP contribution in [0.4, 0.5) is 4.39 Å². The first-order valence-corrected chi connectivity index (χ1v) is 9.44. The molecule has 0 aliphatic rings. The maximum atomic E-state index is 13.2. The van der Waals surface area contributed by atoms with Gasteiger partial charge in [0.05, 0.1) is 0 Å². The molecular weight excluding hydrogens is 387 g/mol. The maximum absolute atomic E-state index is 13.2. The minimum atomic E-state index is -0.450. The normalized spacial score (nSPS) is 11.0. The van der Waals surface area contributed by atoms with Crippen LogP contribution in [0.1, 0.15) is 11.1 Å². The van der Waals surface area contributed by atoms with E-state index in [1.54, 1.807) is 0 Å². The van der Waals surface area contributed by atoms with Crippen molar-refractivity contribution in [1.82, 2.24) is 20.0 Å². The lowest BCUT2D eigenvalue weighted by molar-refractivity contribution is -0.121. The molecule has 2 aromatic carbocycles. The predicted molar refractivity (Wildman–Crippen MR) is 109 cm³/mol. The highest BCUT2D eigenvalue weighted by molar-refractivity contribution is 5.88. The van der Waals surface area contributed by atoms with Crippen LogP contribution in [0.5, 0.6) is 0 Å². The number of aromatic nitrogens is 3. The number of rotatable bonds is 6. The highest BCUT2D eigenvalue weighted by Crippen LogP contribution is 2.24. The summed E-state index contributed by atoms with van der Waals surface area (Å²) in [5.74, 6) is -0.699. The first-order chi connectivity index (χ1) is 14.5. The van der Waals surface area contributed by atoms with Crippen molar-refractivity contribution in [3.63, 3.8) is 0 Å². The number of amides is 1. The van der Waals surface area contributed by atoms with Crippen molar-refractivity contribution in [3.05, 3.63) is 82.2 Å². The third kappa shape index (κ3) is 4.12. The summed E-state index contributed by atoms with van der Waals surface area (Å²) in [5.41, 5.74) is 2.69. The molecule has 0 fully saturated rings. The summed E-state index contributed by atoms with van der Waals surface area (Å²) >= 11 is 0. The van der Waals surface area contributed by atoms with Crippen molar-refractivity contribution >= 4 is 17.0 Å². The van der Waals surface area contributed by atoms with E-state index in [1.807, 2.05) is 25.1 Å². The number of carbonyl (C=O) groups excluding carboxylic acids is 1. The lowest BCUT2D eigenvalue weighted by atomic mass is 10.1. The molecule has 152 valence electrons. The summed E-state index contributed by atoms with van der Waals surface area (Å²) in [7, 11) is 0. The zero-order valence-corrected chi connectivity index (χ0v) is 16.3. The number of benzene rings is 2. The van der Waals surface area contributed by atoms with Gasteiger partial charge in [-0.05, 0) is 43.2 Å². The Morgan fingerprint density at radius 2 is 2.00 bits per heavy atom. The van der Waals surface area contributed by atoms with E-state index in [0.29, 0.717) is 18.5 Å². The molecular formula is C22H19FN4O3. The van der Waals surface area contributed by atoms with E-state index in [4.69, 9.17) is 4.52 Å². The fourth-order valence-corrected chi connectivity index (χ4v) is 3.22. The smallest absolute Gasteiger partial charge is 0.267 e. The van der Waals surface area contributed by atoms with E-state index in [1.165, 1.54) is 35.2 Å². The number of nitrogens with zero attached hydrogens (tertiary/aromatic N) is 3. The first kappa shape index (κ1) is 19.5. The van der Waals surface area contributed by atoms with Crippen molar-refractivity contribution in [3.8, 4) is 11.3 Å². The molecule has 0 bridgehead atoms. The van der Waals surface area contributed by atoms with E-state index in [2.05, 4.69) is 21.5 Å². The highest BCUT2D eigenvalue weighted by atomic mass is 19.1. The van der Waals surface area contributed by atoms with Gasteiger partial charge >= 0.3 is 0 Å². The molecule has 0 radical (unpaired) electrons. The Morgan fingerprint density at radius 3 is 2.77 bits per heavy atom. The van der Waals surface area contributed by atoms with Crippen molar-refractivity contribution in [1.29, 1.82) is 0 Å². The van der Waals surface area contributed by atoms with Crippen LogP contribution >= 0.6 is 0 Å². The van der Waals surface area contributed by atoms with Gasteiger partial charge in [-0.2, -0.15) is 0 Å². The lowest BCUT2D eigenvalue weighted by Gasteiger charge is -2.08. The lowest BCUT2D eigenvalue weighted by Crippen LogP contribution is -2.33. The Hall–Kier alpha value is -3.81. The molecule has 0 unspecified atom stereocenters. The summed E-state index contributed by atoms with van der Waals surface area (Å²) < 4.78 is 19.5. The molecule has 4 rings (SSSR count). The maximum Gasteiger partial charge on any atom is 0.267 e. The quantitative estimate of drug-likeness (QED) is 0.532. The van der Waals surface area contributed by atoms with Gasteiger partial charge in [0.2, 0.25) is 5.91 Å². The van der Waals surface area contributed by atoms with E-state index < -0.39 is 11.4 Å². The Bertz CT molecular complexity index is 1260. The summed E-state index contributed by atoms with van der Waals surface area (Å²) in [6, 6.07) is 13.6. The minimum Gasteiger partial charge on any atom is -0.354 e. The van der Waals surface area contributed by atoms with Gasteiger partial charge in [-0.3, -0.25) is 14.2 Å². The van der Waals surface area contributed by atoms with Crippen LogP contribution in [-0.4, -0.2) is 27.2 Å². The first-order valence-electron chi connectivity index (χ1n) is 9.44. The van der Waals surface area contributed by atoms with Crippen molar-refractivity contribution in [2.45, 2.75) is 19.9 Å². The average molecular weight is 406 g/mol. The Balaban J connectivity index is 1.49. The second-order valence-electron chi connectivity index (χ2n) is 6.98. The van der Waals surface area contributed by atoms with Gasteiger partial charge < -0.3 is 9.84 Å². The van der Waals surface area contributed by atoms with Crippen molar-refractivity contribution < 1.29 is 13.7 Å². The number of halogens is 1. The molecule has 2 aromatic heterocycles. The minimum absolute atomic E-state index is 0.0652. The van der Waals surface area contributed by atoms with Gasteiger partial charge in [0.1, 0.15) is 29.8 Å². The Kier molecular flexibility index (Phi) is 5.38. The predicted octanol–water partition coefficient (Wildman–Crippen LogP) is 2.86. The Labute approximate surface area is 171 Å². The molecule has 8 heteroatoms. The van der Waals surface area contributed by atoms with Gasteiger partial charge in [0, 0.05) is 12.1 Å². The van der Waals surface area contributed by atoms with Crippen LogP contribution in [0.2, 0.25) is 0 Å². The van der Waals surface area contributed by atoms with Crippen LogP contribution < -0.4 is 10.9 Å². The molecule has 30 heavy (non-hydrogen) atoms. The Morgan fingerprint density at radius 1 is 1.20 bits per heavy atom. The number of nitrogens with one attached hydrogen (secondary N) is 1. The number of hydrogen-bond donors (Lipinski definition) is 1. The molecule has 4 aromatic rings. The van der Waals surface area contributed by atoms with Crippen LogP contribution in [0.25, 0.3) is 22.4 Å². The summed E-state index contributed by atoms with van der Waals surface area (Å²) in [6.45, 7) is 2.30. The SMILES string of the molecule is Cc1cccc(CCNC(=O)Cn2cnc3onc(-c4ccc(F)cc4)c3c2=O)c1. The molecule has 2 heterocycles. The zero-order valence-electron chi connectivity index (χ0n) is 16.3. The fourth-order valence-electron chi connectivity index (χ4n) is 3.22. The topological polar surface area (TPSA) is 90.0 Å². The largest absolute Gasteiger partial charge is 0.354 e.